The maximum absolute atomic E-state index is 7.99. The van der Waals surface area contributed by atoms with Gasteiger partial charge in [-0.3, -0.25) is 0 Å². The van der Waals surface area contributed by atoms with Crippen LogP contribution in [0.5, 0.6) is 11.5 Å². The number of fused-ring (bicyclic) bond motifs is 13. The molecule has 0 radical (unpaired) electrons. The first-order valence-corrected chi connectivity index (χ1v) is 30.5. The third-order valence-corrected chi connectivity index (χ3v) is 18.4. The predicted molar refractivity (Wildman–Crippen MR) is 363 cm³/mol. The Bertz CT molecular complexity index is 5010. The van der Waals surface area contributed by atoms with E-state index in [1.165, 1.54) is 61.2 Å². The molecule has 3 aliphatic rings. The van der Waals surface area contributed by atoms with Gasteiger partial charge in [-0.15, -0.1) is 48.1 Å². The second-order valence-electron chi connectivity index (χ2n) is 25.8. The number of para-hydroxylation sites is 4. The van der Waals surface area contributed by atoms with Crippen LogP contribution in [0.3, 0.4) is 0 Å². The standard InChI is InChI=1S/C83H65N4O.Pt/c1-53-21-18-24-54(43-53)58-38-42-79(84-51-58)87-75-34-15-11-28-68(75)69-40-39-64(50-78(69)87)88-63-26-19-25-62(49-63)85-52-86(77-36-17-16-35-76(77)85)80-65(29-20-30-66(80)59-45-60(81(2,3)4)48-61(46-59)82(5,6)7)55-37-41-74-70(47-55)67-27-10-14-33-73(67)83(74)71-31-12-8-22-56(71)44-57-23-9-13-32-72(57)83;/h8-43,45-48,51-52H,44H2,1-7H3;/q-3;/i1D3;. The summed E-state index contributed by atoms with van der Waals surface area (Å²) in [5.74, 6) is 1.77. The van der Waals surface area contributed by atoms with Gasteiger partial charge in [0.25, 0.3) is 0 Å². The molecule has 2 aliphatic carbocycles. The molecule has 3 heterocycles. The quantitative estimate of drug-likeness (QED) is 0.142. The van der Waals surface area contributed by atoms with Crippen LogP contribution in [0, 0.1) is 25.7 Å². The van der Waals surface area contributed by atoms with Gasteiger partial charge >= 0.3 is 0 Å². The zero-order valence-electron chi connectivity index (χ0n) is 53.5. The zero-order chi connectivity index (χ0) is 62.1. The van der Waals surface area contributed by atoms with Crippen molar-refractivity contribution in [2.24, 2.45) is 0 Å². The molecule has 2 aromatic heterocycles. The molecular formula is C83H65N4OPt-3. The van der Waals surface area contributed by atoms with E-state index in [4.69, 9.17) is 13.8 Å². The summed E-state index contributed by atoms with van der Waals surface area (Å²) in [6.45, 7) is 13.9. The fourth-order valence-electron chi connectivity index (χ4n) is 14.2. The Morgan fingerprint density at radius 1 is 0.483 bits per heavy atom. The van der Waals surface area contributed by atoms with Gasteiger partial charge in [0.1, 0.15) is 5.82 Å². The average molecular weight is 1330 g/mol. The number of pyridine rings is 1. The van der Waals surface area contributed by atoms with Gasteiger partial charge in [0.15, 0.2) is 0 Å². The van der Waals surface area contributed by atoms with E-state index >= 15 is 0 Å². The Balaban J connectivity index is 0.00000702. The summed E-state index contributed by atoms with van der Waals surface area (Å²) >= 11 is 0. The van der Waals surface area contributed by atoms with E-state index in [9.17, 15) is 0 Å². The number of benzene rings is 11. The Kier molecular flexibility index (Phi) is 12.6. The van der Waals surface area contributed by atoms with E-state index < -0.39 is 12.3 Å². The second-order valence-corrected chi connectivity index (χ2v) is 25.8. The van der Waals surface area contributed by atoms with Gasteiger partial charge in [0, 0.05) is 82.1 Å². The van der Waals surface area contributed by atoms with Crippen LogP contribution in [0.1, 0.15) is 95.7 Å². The van der Waals surface area contributed by atoms with Crippen molar-refractivity contribution < 1.29 is 29.9 Å². The third-order valence-electron chi connectivity index (χ3n) is 18.4. The van der Waals surface area contributed by atoms with Crippen LogP contribution < -0.4 is 14.5 Å². The summed E-state index contributed by atoms with van der Waals surface area (Å²) in [5.41, 5.74) is 24.7. The van der Waals surface area contributed by atoms with Crippen molar-refractivity contribution in [3.05, 3.63) is 318 Å². The van der Waals surface area contributed by atoms with Crippen molar-refractivity contribution >= 4 is 44.6 Å². The van der Waals surface area contributed by atoms with E-state index in [0.717, 1.165) is 78.8 Å². The molecule has 89 heavy (non-hydrogen) atoms. The van der Waals surface area contributed by atoms with E-state index in [2.05, 4.69) is 251 Å². The number of rotatable bonds is 8. The van der Waals surface area contributed by atoms with Crippen LogP contribution in [-0.4, -0.2) is 9.55 Å². The van der Waals surface area contributed by atoms with Gasteiger partial charge in [-0.25, -0.2) is 4.98 Å². The van der Waals surface area contributed by atoms with E-state index in [-0.39, 0.29) is 31.9 Å². The summed E-state index contributed by atoms with van der Waals surface area (Å²) < 4.78 is 32.9. The molecule has 1 aliphatic heterocycles. The molecule has 6 heteroatoms. The maximum Gasteiger partial charge on any atom is 0.135 e. The first-order chi connectivity index (χ1) is 44.0. The molecule has 16 rings (SSSR count). The summed E-state index contributed by atoms with van der Waals surface area (Å²) in [4.78, 5) is 9.60. The minimum atomic E-state index is -2.21. The van der Waals surface area contributed by atoms with Crippen LogP contribution in [0.2, 0.25) is 0 Å². The largest absolute Gasteiger partial charge is 0.509 e. The fourth-order valence-corrected chi connectivity index (χ4v) is 14.2. The first kappa shape index (κ1) is 52.6. The Morgan fingerprint density at radius 2 is 1.10 bits per heavy atom. The van der Waals surface area contributed by atoms with Gasteiger partial charge in [0.05, 0.1) is 5.41 Å². The SMILES string of the molecule is [2H]C([2H])([2H])c1cccc(-c2ccc(-n3c4[c-]c(Oc5[c-]c(N6[CH-]N(c7c(-c8cc(C(C)(C)C)cc(C(C)(C)C)c8)cccc7-c7ccc8c(c7)-c7ccccc7C87c8ccccc8Cc8ccccc87)c7ccccc76)ccc5)ccc4c4ccccc43)nc2)c1.[Pt]. The smallest absolute Gasteiger partial charge is 0.135 e. The van der Waals surface area contributed by atoms with Gasteiger partial charge in [-0.05, 0) is 138 Å². The van der Waals surface area contributed by atoms with E-state index in [1.807, 2.05) is 48.5 Å². The zero-order valence-corrected chi connectivity index (χ0v) is 52.7. The van der Waals surface area contributed by atoms with Gasteiger partial charge in [-0.1, -0.05) is 229 Å². The number of aryl methyl sites for hydroxylation is 1. The van der Waals surface area contributed by atoms with Crippen LogP contribution in [0.15, 0.2) is 249 Å². The molecule has 0 unspecified atom stereocenters. The van der Waals surface area contributed by atoms with Crippen molar-refractivity contribution in [3.8, 4) is 61.8 Å². The monoisotopic (exact) mass is 1330 g/mol. The molecule has 0 amide bonds. The average Bonchev–Trinajstić information content (AvgIpc) is 1.47. The van der Waals surface area contributed by atoms with Crippen molar-refractivity contribution in [2.45, 2.75) is 71.1 Å². The van der Waals surface area contributed by atoms with Crippen molar-refractivity contribution in [2.75, 3.05) is 9.80 Å². The number of hydrogen-bond acceptors (Lipinski definition) is 4. The van der Waals surface area contributed by atoms with Crippen LogP contribution >= 0.6 is 0 Å². The molecule has 1 spiro atoms. The van der Waals surface area contributed by atoms with Crippen molar-refractivity contribution in [1.29, 1.82) is 0 Å². The molecule has 436 valence electrons. The number of hydrogen-bond donors (Lipinski definition) is 0. The van der Waals surface area contributed by atoms with Gasteiger partial charge in [0.2, 0.25) is 0 Å². The molecule has 11 aromatic carbocycles. The van der Waals surface area contributed by atoms with E-state index in [0.29, 0.717) is 22.9 Å². The maximum atomic E-state index is 7.99. The molecule has 0 N–H and O–H groups in total. The van der Waals surface area contributed by atoms with Crippen LogP contribution in [0.4, 0.5) is 22.7 Å². The van der Waals surface area contributed by atoms with Crippen molar-refractivity contribution in [1.82, 2.24) is 9.55 Å². The van der Waals surface area contributed by atoms with Crippen LogP contribution in [-0.2, 0) is 43.7 Å². The molecule has 13 aromatic rings. The molecule has 0 atom stereocenters. The molecule has 0 saturated heterocycles. The summed E-state index contributed by atoms with van der Waals surface area (Å²) in [6, 6.07) is 94.1. The minimum Gasteiger partial charge on any atom is -0.509 e. The number of anilines is 4. The summed E-state index contributed by atoms with van der Waals surface area (Å²) in [6.07, 6.45) is 2.70. The molecule has 0 saturated carbocycles. The molecule has 0 bridgehead atoms. The Morgan fingerprint density at radius 3 is 1.83 bits per heavy atom. The normalized spacial score (nSPS) is 14.3. The fraction of sp³-hybridized carbons (Fsp3) is 0.133. The Hall–Kier alpha value is -9.54. The minimum absolute atomic E-state index is 0. The summed E-state index contributed by atoms with van der Waals surface area (Å²) in [5, 5.41) is 2.07. The predicted octanol–water partition coefficient (Wildman–Crippen LogP) is 21.1. The van der Waals surface area contributed by atoms with Crippen molar-refractivity contribution in [3.63, 3.8) is 0 Å². The Labute approximate surface area is 541 Å². The molecule has 0 fully saturated rings. The second kappa shape index (κ2) is 21.4. The number of ether oxygens (including phenoxy) is 1. The van der Waals surface area contributed by atoms with Crippen LogP contribution in [0.25, 0.3) is 72.1 Å². The third kappa shape index (κ3) is 9.19. The number of aromatic nitrogens is 2. The van der Waals surface area contributed by atoms with Gasteiger partial charge in [-0.2, -0.15) is 12.1 Å². The van der Waals surface area contributed by atoms with Gasteiger partial charge < -0.3 is 19.1 Å². The first-order valence-electron chi connectivity index (χ1n) is 32.0. The summed E-state index contributed by atoms with van der Waals surface area (Å²) in [7, 11) is 0. The topological polar surface area (TPSA) is 33.5 Å². The number of nitrogens with zero attached hydrogens (tertiary/aromatic N) is 4. The molecular weight excluding hydrogens is 1260 g/mol. The molecule has 5 nitrogen and oxygen atoms in total. The van der Waals surface area contributed by atoms with E-state index in [1.54, 1.807) is 24.4 Å².